The highest BCUT2D eigenvalue weighted by atomic mass is 32.2. The van der Waals surface area contributed by atoms with E-state index >= 15 is 0 Å². The van der Waals surface area contributed by atoms with E-state index in [1.165, 1.54) is 0 Å². The van der Waals surface area contributed by atoms with Crippen LogP contribution in [-0.2, 0) is 16.0 Å². The maximum Gasteiger partial charge on any atom is 0.266 e. The molecule has 2 aromatic carbocycles. The maximum atomic E-state index is 12.9. The number of thiocarbonyl (C=S) groups is 1. The number of nitrogens with zero attached hydrogens (tertiary/aromatic N) is 2. The van der Waals surface area contributed by atoms with E-state index in [-0.39, 0.29) is 10.7 Å². The lowest BCUT2D eigenvalue weighted by molar-refractivity contribution is -0.310. The highest BCUT2D eigenvalue weighted by Gasteiger charge is 2.37. The van der Waals surface area contributed by atoms with Crippen molar-refractivity contribution in [1.29, 1.82) is 0 Å². The lowest BCUT2D eigenvalue weighted by atomic mass is 10.0. The van der Waals surface area contributed by atoms with Crippen molar-refractivity contribution in [2.45, 2.75) is 12.5 Å². The van der Waals surface area contributed by atoms with Crippen molar-refractivity contribution in [2.24, 2.45) is 0 Å². The van der Waals surface area contributed by atoms with Crippen LogP contribution in [-0.4, -0.2) is 41.2 Å². The molecule has 0 aliphatic carbocycles. The van der Waals surface area contributed by atoms with Crippen LogP contribution in [0.5, 0.6) is 0 Å². The predicted octanol–water partition coefficient (Wildman–Crippen LogP) is 2.31. The number of carboxylic acid groups (broad SMARTS) is 1. The molecule has 0 saturated carbocycles. The van der Waals surface area contributed by atoms with Crippen LogP contribution in [0.4, 0.5) is 5.69 Å². The number of carbonyl (C=O) groups excluding carboxylic acids is 2. The van der Waals surface area contributed by atoms with E-state index in [0.717, 1.165) is 33.5 Å². The van der Waals surface area contributed by atoms with Gasteiger partial charge in [0.1, 0.15) is 4.32 Å². The molecule has 1 heterocycles. The summed E-state index contributed by atoms with van der Waals surface area (Å²) in [5, 5.41) is 11.8. The minimum Gasteiger partial charge on any atom is -0.548 e. The largest absolute Gasteiger partial charge is 0.548 e. The molecule has 7 heteroatoms. The molecule has 0 spiro atoms. The molecule has 0 radical (unpaired) electrons. The van der Waals surface area contributed by atoms with Gasteiger partial charge in [-0.05, 0) is 35.8 Å². The molecule has 28 heavy (non-hydrogen) atoms. The number of thioether (sulfide) groups is 1. The first-order valence-corrected chi connectivity index (χ1v) is 9.88. The number of hydrogen-bond donors (Lipinski definition) is 0. The van der Waals surface area contributed by atoms with Crippen LogP contribution < -0.4 is 10.0 Å². The van der Waals surface area contributed by atoms with E-state index in [0.29, 0.717) is 4.91 Å². The van der Waals surface area contributed by atoms with Crippen LogP contribution in [0.2, 0.25) is 0 Å². The van der Waals surface area contributed by atoms with E-state index in [4.69, 9.17) is 12.2 Å². The Morgan fingerprint density at radius 2 is 1.82 bits per heavy atom. The number of hydrogen-bond acceptors (Lipinski definition) is 6. The second kappa shape index (κ2) is 8.58. The summed E-state index contributed by atoms with van der Waals surface area (Å²) in [5.41, 5.74) is 2.69. The van der Waals surface area contributed by atoms with Gasteiger partial charge in [0.25, 0.3) is 5.91 Å². The molecule has 5 nitrogen and oxygen atoms in total. The summed E-state index contributed by atoms with van der Waals surface area (Å²) < 4.78 is 0.228. The second-order valence-electron chi connectivity index (χ2n) is 6.56. The summed E-state index contributed by atoms with van der Waals surface area (Å²) >= 11 is 6.42. The van der Waals surface area contributed by atoms with E-state index < -0.39 is 17.9 Å². The normalized spacial score (nSPS) is 16.5. The Labute approximate surface area is 173 Å². The number of benzene rings is 2. The first-order valence-electron chi connectivity index (χ1n) is 8.66. The average Bonchev–Trinajstić information content (AvgIpc) is 2.94. The zero-order valence-corrected chi connectivity index (χ0v) is 17.1. The first kappa shape index (κ1) is 20.1. The molecule has 0 aromatic heterocycles. The van der Waals surface area contributed by atoms with Crippen molar-refractivity contribution >= 4 is 51.9 Å². The zero-order valence-electron chi connectivity index (χ0n) is 15.5. The number of carbonyl (C=O) groups is 2. The van der Waals surface area contributed by atoms with Gasteiger partial charge in [-0.15, -0.1) is 0 Å². The second-order valence-corrected chi connectivity index (χ2v) is 8.24. The Morgan fingerprint density at radius 1 is 1.18 bits per heavy atom. The van der Waals surface area contributed by atoms with Crippen molar-refractivity contribution in [3.63, 3.8) is 0 Å². The molecule has 1 atom stereocenters. The summed E-state index contributed by atoms with van der Waals surface area (Å²) in [7, 11) is 3.90. The molecule has 144 valence electrons. The fraction of sp³-hybridized carbons (Fsp3) is 0.190. The number of amides is 1. The van der Waals surface area contributed by atoms with Crippen molar-refractivity contribution in [2.75, 3.05) is 19.0 Å². The lowest BCUT2D eigenvalue weighted by Crippen LogP contribution is -2.51. The van der Waals surface area contributed by atoms with Crippen LogP contribution in [0, 0.1) is 0 Å². The Balaban J connectivity index is 1.84. The molecule has 0 unspecified atom stereocenters. The molecular weight excluding hydrogens is 392 g/mol. The molecule has 1 fully saturated rings. The van der Waals surface area contributed by atoms with Gasteiger partial charge in [0.15, 0.2) is 0 Å². The van der Waals surface area contributed by atoms with Gasteiger partial charge in [0, 0.05) is 19.8 Å². The Kier molecular flexibility index (Phi) is 6.16. The van der Waals surface area contributed by atoms with E-state index in [9.17, 15) is 14.7 Å². The molecule has 1 saturated heterocycles. The van der Waals surface area contributed by atoms with Crippen molar-refractivity contribution < 1.29 is 14.7 Å². The monoisotopic (exact) mass is 411 g/mol. The molecule has 1 aliphatic heterocycles. The van der Waals surface area contributed by atoms with Crippen molar-refractivity contribution in [1.82, 2.24) is 4.90 Å². The van der Waals surface area contributed by atoms with Gasteiger partial charge in [-0.25, -0.2) is 0 Å². The quantitative estimate of drug-likeness (QED) is 0.537. The third-order valence-electron chi connectivity index (χ3n) is 4.39. The highest BCUT2D eigenvalue weighted by Crippen LogP contribution is 2.34. The summed E-state index contributed by atoms with van der Waals surface area (Å²) in [6.07, 6.45) is 1.87. The van der Waals surface area contributed by atoms with Gasteiger partial charge in [0.2, 0.25) is 0 Å². The van der Waals surface area contributed by atoms with Gasteiger partial charge in [-0.3, -0.25) is 9.69 Å². The molecule has 3 rings (SSSR count). The number of rotatable bonds is 6. The van der Waals surface area contributed by atoms with Crippen molar-refractivity contribution in [3.05, 3.63) is 70.6 Å². The molecule has 1 aliphatic rings. The van der Waals surface area contributed by atoms with E-state index in [1.54, 1.807) is 6.08 Å². The van der Waals surface area contributed by atoms with Crippen LogP contribution in [0.1, 0.15) is 11.1 Å². The van der Waals surface area contributed by atoms with Gasteiger partial charge < -0.3 is 14.8 Å². The summed E-state index contributed by atoms with van der Waals surface area (Å²) in [5.74, 6) is -1.73. The Hall–Kier alpha value is -2.64. The summed E-state index contributed by atoms with van der Waals surface area (Å²) in [4.78, 5) is 28.2. The lowest BCUT2D eigenvalue weighted by Gasteiger charge is -2.27. The third kappa shape index (κ3) is 4.43. The van der Waals surface area contributed by atoms with Crippen molar-refractivity contribution in [3.8, 4) is 0 Å². The smallest absolute Gasteiger partial charge is 0.266 e. The highest BCUT2D eigenvalue weighted by molar-refractivity contribution is 8.26. The standard InChI is InChI=1S/C21H20N2O3S2/c1-22(2)16-10-8-15(9-11-16)13-18-19(24)23(21(27)28-18)17(20(25)26)12-14-6-4-3-5-7-14/h3-11,13,17H,12H2,1-2H3,(H,25,26)/p-1/b18-13-/t17-/m1/s1. The maximum absolute atomic E-state index is 12.9. The van der Waals surface area contributed by atoms with Crippen LogP contribution in [0.3, 0.4) is 0 Å². The van der Waals surface area contributed by atoms with E-state index in [1.807, 2.05) is 73.6 Å². The number of aliphatic carboxylic acids is 1. The minimum absolute atomic E-state index is 0.139. The predicted molar refractivity (Wildman–Crippen MR) is 115 cm³/mol. The Morgan fingerprint density at radius 3 is 2.39 bits per heavy atom. The fourth-order valence-electron chi connectivity index (χ4n) is 2.89. The molecule has 0 N–H and O–H groups in total. The third-order valence-corrected chi connectivity index (χ3v) is 5.72. The molecule has 1 amide bonds. The summed E-state index contributed by atoms with van der Waals surface area (Å²) in [6.45, 7) is 0. The van der Waals surface area contributed by atoms with Gasteiger partial charge >= 0.3 is 0 Å². The number of anilines is 1. The van der Waals surface area contributed by atoms with Gasteiger partial charge in [-0.1, -0.05) is 66.4 Å². The Bertz CT molecular complexity index is 924. The van der Waals surface area contributed by atoms with Gasteiger partial charge in [0.05, 0.1) is 16.9 Å². The van der Waals surface area contributed by atoms with Crippen LogP contribution in [0.25, 0.3) is 6.08 Å². The fourth-order valence-corrected chi connectivity index (χ4v) is 4.24. The average molecular weight is 412 g/mol. The molecule has 0 bridgehead atoms. The van der Waals surface area contributed by atoms with Gasteiger partial charge in [-0.2, -0.15) is 0 Å². The topological polar surface area (TPSA) is 63.7 Å². The molecular formula is C21H19N2O3S2-. The number of carboxylic acids is 1. The van der Waals surface area contributed by atoms with Crippen LogP contribution >= 0.6 is 24.0 Å². The zero-order chi connectivity index (χ0) is 20.3. The first-order chi connectivity index (χ1) is 13.4. The van der Waals surface area contributed by atoms with E-state index in [2.05, 4.69) is 0 Å². The minimum atomic E-state index is -1.32. The SMILES string of the molecule is CN(C)c1ccc(/C=C2\SC(=S)N([C@H](Cc3ccccc3)C(=O)[O-])C2=O)cc1. The summed E-state index contributed by atoms with van der Waals surface area (Å²) in [6, 6.07) is 15.7. The molecule has 2 aromatic rings. The van der Waals surface area contributed by atoms with Crippen LogP contribution in [0.15, 0.2) is 59.5 Å².